The van der Waals surface area contributed by atoms with Crippen LogP contribution in [0.4, 0.5) is 4.79 Å². The van der Waals surface area contributed by atoms with Crippen LogP contribution in [0.15, 0.2) is 29.3 Å². The minimum Gasteiger partial charge on any atom is -0.385 e. The average Bonchev–Trinajstić information content (AvgIpc) is 3.24. The zero-order valence-corrected chi connectivity index (χ0v) is 11.5. The number of aryl methyl sites for hydroxylation is 1. The normalized spacial score (nSPS) is 28.7. The van der Waals surface area contributed by atoms with Gasteiger partial charge in [-0.1, -0.05) is 24.3 Å². The molecule has 0 bridgehead atoms. The quantitative estimate of drug-likeness (QED) is 0.896. The molecule has 1 atom stereocenters. The van der Waals surface area contributed by atoms with Gasteiger partial charge in [0.1, 0.15) is 11.4 Å². The van der Waals surface area contributed by atoms with E-state index in [1.807, 2.05) is 11.0 Å². The lowest BCUT2D eigenvalue weighted by Crippen LogP contribution is -2.53. The summed E-state index contributed by atoms with van der Waals surface area (Å²) in [5.74, 6) is 1.14. The Morgan fingerprint density at radius 1 is 1.35 bits per heavy atom. The number of nitrogens with two attached hydrogens (primary N) is 1. The highest BCUT2D eigenvalue weighted by molar-refractivity contribution is 6.06. The molecule has 1 aliphatic heterocycles. The largest absolute Gasteiger partial charge is 0.385 e. The van der Waals surface area contributed by atoms with E-state index < -0.39 is 5.54 Å². The number of urea groups is 1. The molecule has 4 heteroatoms. The molecule has 1 aromatic carbocycles. The highest BCUT2D eigenvalue weighted by atomic mass is 16.2. The van der Waals surface area contributed by atoms with E-state index in [4.69, 9.17) is 5.73 Å². The molecule has 20 heavy (non-hydrogen) atoms. The van der Waals surface area contributed by atoms with Crippen molar-refractivity contribution in [1.29, 1.82) is 0 Å². The number of benzene rings is 1. The molecule has 2 aliphatic carbocycles. The number of nitrogens with zero attached hydrogens (tertiary/aromatic N) is 2. The van der Waals surface area contributed by atoms with Crippen molar-refractivity contribution in [3.63, 3.8) is 0 Å². The Morgan fingerprint density at radius 3 is 2.95 bits per heavy atom. The molecule has 0 radical (unpaired) electrons. The van der Waals surface area contributed by atoms with Crippen LogP contribution in [0.1, 0.15) is 36.8 Å². The molecule has 0 saturated heterocycles. The summed E-state index contributed by atoms with van der Waals surface area (Å²) in [4.78, 5) is 18.3. The first-order valence-electron chi connectivity index (χ1n) is 7.46. The van der Waals surface area contributed by atoms with E-state index in [1.54, 1.807) is 0 Å². The van der Waals surface area contributed by atoms with E-state index >= 15 is 0 Å². The van der Waals surface area contributed by atoms with Gasteiger partial charge in [-0.05, 0) is 49.1 Å². The second-order valence-electron chi connectivity index (χ2n) is 6.20. The Labute approximate surface area is 118 Å². The topological polar surface area (TPSA) is 58.7 Å². The standard InChI is InChI=1S/C16H19N3O/c17-14-16(19(15(20)18-14)10-11-7-8-11)9-3-5-12-4-1-2-6-13(12)16/h1-2,4,6,11H,3,5,7-10H2,(H2,17,18,20). The monoisotopic (exact) mass is 269 g/mol. The maximum Gasteiger partial charge on any atom is 0.346 e. The smallest absolute Gasteiger partial charge is 0.346 e. The zero-order chi connectivity index (χ0) is 13.7. The van der Waals surface area contributed by atoms with Crippen LogP contribution in [0.2, 0.25) is 0 Å². The number of hydrogen-bond acceptors (Lipinski definition) is 2. The van der Waals surface area contributed by atoms with Gasteiger partial charge in [-0.3, -0.25) is 0 Å². The van der Waals surface area contributed by atoms with Crippen molar-refractivity contribution >= 4 is 11.9 Å². The van der Waals surface area contributed by atoms with Crippen molar-refractivity contribution in [2.75, 3.05) is 6.54 Å². The van der Waals surface area contributed by atoms with E-state index in [-0.39, 0.29) is 6.03 Å². The molecule has 1 unspecified atom stereocenters. The third-order valence-corrected chi connectivity index (χ3v) is 4.92. The summed E-state index contributed by atoms with van der Waals surface area (Å²) in [6.45, 7) is 0.803. The number of carbonyl (C=O) groups is 1. The van der Waals surface area contributed by atoms with Crippen molar-refractivity contribution in [1.82, 2.24) is 4.90 Å². The van der Waals surface area contributed by atoms with Gasteiger partial charge in [0.25, 0.3) is 0 Å². The predicted molar refractivity (Wildman–Crippen MR) is 77.5 cm³/mol. The lowest BCUT2D eigenvalue weighted by Gasteiger charge is -2.42. The molecule has 2 N–H and O–H groups in total. The molecule has 3 aliphatic rings. The van der Waals surface area contributed by atoms with Gasteiger partial charge in [0.2, 0.25) is 0 Å². The fraction of sp³-hybridized carbons (Fsp3) is 0.500. The van der Waals surface area contributed by atoms with Crippen LogP contribution < -0.4 is 5.73 Å². The highest BCUT2D eigenvalue weighted by Gasteiger charge is 2.52. The first-order valence-corrected chi connectivity index (χ1v) is 7.46. The molecule has 2 amide bonds. The first-order chi connectivity index (χ1) is 9.72. The van der Waals surface area contributed by atoms with Gasteiger partial charge in [-0.25, -0.2) is 4.79 Å². The minimum atomic E-state index is -0.464. The van der Waals surface area contributed by atoms with E-state index in [0.29, 0.717) is 11.8 Å². The second kappa shape index (κ2) is 4.08. The Hall–Kier alpha value is -1.84. The predicted octanol–water partition coefficient (Wildman–Crippen LogP) is 2.42. The molecule has 1 spiro atoms. The molecular formula is C16H19N3O. The Morgan fingerprint density at radius 2 is 2.15 bits per heavy atom. The highest BCUT2D eigenvalue weighted by Crippen LogP contribution is 2.45. The number of carbonyl (C=O) groups excluding carboxylic acids is 1. The summed E-state index contributed by atoms with van der Waals surface area (Å²) >= 11 is 0. The van der Waals surface area contributed by atoms with Crippen LogP contribution in [-0.2, 0) is 12.0 Å². The Balaban J connectivity index is 1.84. The van der Waals surface area contributed by atoms with Crippen molar-refractivity contribution in [3.8, 4) is 0 Å². The molecule has 1 saturated carbocycles. The maximum absolute atomic E-state index is 12.3. The lowest BCUT2D eigenvalue weighted by atomic mass is 9.75. The van der Waals surface area contributed by atoms with Crippen LogP contribution >= 0.6 is 0 Å². The number of fused-ring (bicyclic) bond motifs is 2. The number of aliphatic imine (C=N–C) groups is 1. The summed E-state index contributed by atoms with van der Waals surface area (Å²) < 4.78 is 0. The van der Waals surface area contributed by atoms with E-state index in [1.165, 1.54) is 24.0 Å². The van der Waals surface area contributed by atoms with Gasteiger partial charge in [0, 0.05) is 6.54 Å². The third kappa shape index (κ3) is 1.54. The third-order valence-electron chi connectivity index (χ3n) is 4.92. The number of hydrogen-bond donors (Lipinski definition) is 1. The molecule has 104 valence electrons. The summed E-state index contributed by atoms with van der Waals surface area (Å²) in [5.41, 5.74) is 8.27. The molecule has 0 aromatic heterocycles. The van der Waals surface area contributed by atoms with Crippen molar-refractivity contribution in [2.45, 2.75) is 37.6 Å². The van der Waals surface area contributed by atoms with Crippen molar-refractivity contribution < 1.29 is 4.79 Å². The number of rotatable bonds is 2. The van der Waals surface area contributed by atoms with Gasteiger partial charge >= 0.3 is 6.03 Å². The lowest BCUT2D eigenvalue weighted by molar-refractivity contribution is 0.154. The molecule has 1 heterocycles. The van der Waals surface area contributed by atoms with Gasteiger partial charge in [0.05, 0.1) is 0 Å². The first kappa shape index (κ1) is 11.9. The van der Waals surface area contributed by atoms with Crippen LogP contribution in [-0.4, -0.2) is 23.3 Å². The van der Waals surface area contributed by atoms with Gasteiger partial charge in [0.15, 0.2) is 0 Å². The summed E-state index contributed by atoms with van der Waals surface area (Å²) in [6.07, 6.45) is 5.47. The molecular weight excluding hydrogens is 250 g/mol. The maximum atomic E-state index is 12.3. The van der Waals surface area contributed by atoms with Gasteiger partial charge in [-0.15, -0.1) is 0 Å². The SMILES string of the molecule is NC1=NC(=O)N(CC2CC2)C12CCCc1ccccc12. The van der Waals surface area contributed by atoms with Crippen LogP contribution in [0, 0.1) is 5.92 Å². The molecule has 1 aromatic rings. The van der Waals surface area contributed by atoms with E-state index in [0.717, 1.165) is 25.8 Å². The molecule has 1 fully saturated rings. The number of amides is 2. The van der Waals surface area contributed by atoms with Crippen LogP contribution in [0.25, 0.3) is 0 Å². The average molecular weight is 269 g/mol. The summed E-state index contributed by atoms with van der Waals surface area (Å²) in [7, 11) is 0. The Bertz CT molecular complexity index is 605. The fourth-order valence-corrected chi connectivity index (χ4v) is 3.71. The van der Waals surface area contributed by atoms with Crippen molar-refractivity contribution in [3.05, 3.63) is 35.4 Å². The van der Waals surface area contributed by atoms with Gasteiger partial charge < -0.3 is 10.6 Å². The Kier molecular flexibility index (Phi) is 2.43. The zero-order valence-electron chi connectivity index (χ0n) is 11.5. The minimum absolute atomic E-state index is 0.147. The second-order valence-corrected chi connectivity index (χ2v) is 6.20. The van der Waals surface area contributed by atoms with Crippen LogP contribution in [0.5, 0.6) is 0 Å². The molecule has 4 rings (SSSR count). The van der Waals surface area contributed by atoms with Crippen molar-refractivity contribution in [2.24, 2.45) is 16.6 Å². The fourth-order valence-electron chi connectivity index (χ4n) is 3.71. The van der Waals surface area contributed by atoms with Crippen LogP contribution in [0.3, 0.4) is 0 Å². The van der Waals surface area contributed by atoms with Gasteiger partial charge in [-0.2, -0.15) is 4.99 Å². The molecule has 4 nitrogen and oxygen atoms in total. The number of amidine groups is 1. The van der Waals surface area contributed by atoms with E-state index in [2.05, 4.69) is 23.2 Å². The summed E-state index contributed by atoms with van der Waals surface area (Å²) in [6, 6.07) is 8.23. The summed E-state index contributed by atoms with van der Waals surface area (Å²) in [5, 5.41) is 0. The van der Waals surface area contributed by atoms with E-state index in [9.17, 15) is 4.79 Å².